The van der Waals surface area contributed by atoms with Crippen molar-refractivity contribution in [2.45, 2.75) is 25.2 Å². The van der Waals surface area contributed by atoms with E-state index in [1.165, 1.54) is 31.5 Å². The first-order valence-corrected chi connectivity index (χ1v) is 5.50. The zero-order chi connectivity index (χ0) is 9.60. The van der Waals surface area contributed by atoms with E-state index in [9.17, 15) is 0 Å². The van der Waals surface area contributed by atoms with Gasteiger partial charge in [-0.3, -0.25) is 4.68 Å². The van der Waals surface area contributed by atoms with E-state index in [2.05, 4.69) is 22.7 Å². The zero-order valence-electron chi connectivity index (χ0n) is 8.66. The Balaban J connectivity index is 1.90. The first-order chi connectivity index (χ1) is 6.80. The summed E-state index contributed by atoms with van der Waals surface area (Å²) in [4.78, 5) is 0. The Morgan fingerprint density at radius 1 is 1.57 bits per heavy atom. The van der Waals surface area contributed by atoms with Crippen LogP contribution in [0.4, 0.5) is 0 Å². The summed E-state index contributed by atoms with van der Waals surface area (Å²) >= 11 is 0. The molecular formula is C11H17N3. The fourth-order valence-electron chi connectivity index (χ4n) is 3.00. The second-order valence-electron chi connectivity index (χ2n) is 4.81. The Hall–Kier alpha value is -0.830. The second kappa shape index (κ2) is 2.83. The van der Waals surface area contributed by atoms with Gasteiger partial charge in [-0.15, -0.1) is 0 Å². The van der Waals surface area contributed by atoms with Gasteiger partial charge >= 0.3 is 0 Å². The summed E-state index contributed by atoms with van der Waals surface area (Å²) in [7, 11) is 2.00. The highest BCUT2D eigenvalue weighted by Crippen LogP contribution is 2.52. The normalized spacial score (nSPS) is 29.4. The molecule has 1 aliphatic heterocycles. The third-order valence-electron chi connectivity index (χ3n) is 4.01. The second-order valence-corrected chi connectivity index (χ2v) is 4.81. The monoisotopic (exact) mass is 191 g/mol. The van der Waals surface area contributed by atoms with Gasteiger partial charge in [-0.1, -0.05) is 6.42 Å². The van der Waals surface area contributed by atoms with Crippen molar-refractivity contribution < 1.29 is 0 Å². The summed E-state index contributed by atoms with van der Waals surface area (Å²) in [5, 5.41) is 8.07. The fraction of sp³-hybridized carbons (Fsp3) is 0.727. The van der Waals surface area contributed by atoms with Crippen molar-refractivity contribution in [2.75, 3.05) is 13.1 Å². The van der Waals surface area contributed by atoms with Crippen molar-refractivity contribution in [3.8, 4) is 0 Å². The number of hydrogen-bond acceptors (Lipinski definition) is 2. The Labute approximate surface area is 84.5 Å². The SMILES string of the molecule is Cn1ccc(C2CNCC23CCC3)n1. The lowest BCUT2D eigenvalue weighted by Gasteiger charge is -2.42. The Bertz CT molecular complexity index is 338. The topological polar surface area (TPSA) is 29.9 Å². The lowest BCUT2D eigenvalue weighted by atomic mass is 9.62. The molecule has 0 bridgehead atoms. The van der Waals surface area contributed by atoms with E-state index >= 15 is 0 Å². The Kier molecular flexibility index (Phi) is 1.71. The van der Waals surface area contributed by atoms with Crippen molar-refractivity contribution >= 4 is 0 Å². The van der Waals surface area contributed by atoms with E-state index in [1.807, 2.05) is 11.7 Å². The van der Waals surface area contributed by atoms with Crippen LogP contribution in [-0.2, 0) is 7.05 Å². The largest absolute Gasteiger partial charge is 0.315 e. The van der Waals surface area contributed by atoms with Crippen LogP contribution in [0.1, 0.15) is 30.9 Å². The number of hydrogen-bond donors (Lipinski definition) is 1. The molecule has 3 rings (SSSR count). The maximum atomic E-state index is 4.55. The van der Waals surface area contributed by atoms with E-state index in [0.29, 0.717) is 11.3 Å². The summed E-state index contributed by atoms with van der Waals surface area (Å²) in [5.41, 5.74) is 1.85. The molecule has 1 saturated heterocycles. The van der Waals surface area contributed by atoms with Crippen LogP contribution < -0.4 is 5.32 Å². The quantitative estimate of drug-likeness (QED) is 0.724. The predicted molar refractivity (Wildman–Crippen MR) is 55.1 cm³/mol. The van der Waals surface area contributed by atoms with Crippen LogP contribution in [0.5, 0.6) is 0 Å². The first-order valence-electron chi connectivity index (χ1n) is 5.50. The number of rotatable bonds is 1. The van der Waals surface area contributed by atoms with Crippen LogP contribution in [-0.4, -0.2) is 22.9 Å². The van der Waals surface area contributed by atoms with Gasteiger partial charge in [-0.25, -0.2) is 0 Å². The van der Waals surface area contributed by atoms with Gasteiger partial charge in [0.15, 0.2) is 0 Å². The summed E-state index contributed by atoms with van der Waals surface area (Å²) < 4.78 is 1.92. The summed E-state index contributed by atoms with van der Waals surface area (Å²) in [6.07, 6.45) is 6.24. The first kappa shape index (κ1) is 8.48. The van der Waals surface area contributed by atoms with Crippen LogP contribution in [0.25, 0.3) is 0 Å². The highest BCUT2D eigenvalue weighted by molar-refractivity contribution is 5.18. The molecule has 76 valence electrons. The fourth-order valence-corrected chi connectivity index (χ4v) is 3.00. The minimum Gasteiger partial charge on any atom is -0.315 e. The number of aromatic nitrogens is 2. The molecular weight excluding hydrogens is 174 g/mol. The number of nitrogens with zero attached hydrogens (tertiary/aromatic N) is 2. The molecule has 3 heteroatoms. The van der Waals surface area contributed by atoms with Crippen molar-refractivity contribution in [1.82, 2.24) is 15.1 Å². The average molecular weight is 191 g/mol. The van der Waals surface area contributed by atoms with Crippen molar-refractivity contribution in [2.24, 2.45) is 12.5 Å². The smallest absolute Gasteiger partial charge is 0.0674 e. The Morgan fingerprint density at radius 3 is 3.00 bits per heavy atom. The maximum Gasteiger partial charge on any atom is 0.0674 e. The van der Waals surface area contributed by atoms with Crippen LogP contribution in [0, 0.1) is 5.41 Å². The highest BCUT2D eigenvalue weighted by atomic mass is 15.3. The number of aryl methyl sites for hydroxylation is 1. The molecule has 1 unspecified atom stereocenters. The highest BCUT2D eigenvalue weighted by Gasteiger charge is 2.48. The molecule has 1 atom stereocenters. The molecule has 3 nitrogen and oxygen atoms in total. The molecule has 1 N–H and O–H groups in total. The minimum atomic E-state index is 0.564. The van der Waals surface area contributed by atoms with Crippen LogP contribution in [0.3, 0.4) is 0 Å². The van der Waals surface area contributed by atoms with Crippen molar-refractivity contribution in [3.05, 3.63) is 18.0 Å². The van der Waals surface area contributed by atoms with Gasteiger partial charge in [-0.05, 0) is 24.3 Å². The molecule has 2 fully saturated rings. The van der Waals surface area contributed by atoms with E-state index < -0.39 is 0 Å². The van der Waals surface area contributed by atoms with E-state index in [4.69, 9.17) is 0 Å². The van der Waals surface area contributed by atoms with E-state index in [0.717, 1.165) is 6.54 Å². The summed E-state index contributed by atoms with van der Waals surface area (Å²) in [6, 6.07) is 2.18. The van der Waals surface area contributed by atoms with Crippen molar-refractivity contribution in [1.29, 1.82) is 0 Å². The maximum absolute atomic E-state index is 4.55. The van der Waals surface area contributed by atoms with Gasteiger partial charge in [0.2, 0.25) is 0 Å². The van der Waals surface area contributed by atoms with Gasteiger partial charge in [0.1, 0.15) is 0 Å². The molecule has 0 radical (unpaired) electrons. The van der Waals surface area contributed by atoms with E-state index in [-0.39, 0.29) is 0 Å². The van der Waals surface area contributed by atoms with Crippen LogP contribution in [0.2, 0.25) is 0 Å². The molecule has 1 aromatic heterocycles. The Morgan fingerprint density at radius 2 is 2.43 bits per heavy atom. The standard InChI is InChI=1S/C11H17N3/c1-14-6-3-10(13-14)9-7-12-8-11(9)4-2-5-11/h3,6,9,12H,2,4-5,7-8H2,1H3. The molecule has 0 aromatic carbocycles. The lowest BCUT2D eigenvalue weighted by molar-refractivity contribution is 0.135. The van der Waals surface area contributed by atoms with Crippen LogP contribution >= 0.6 is 0 Å². The summed E-state index contributed by atoms with van der Waals surface area (Å²) in [5.74, 6) is 0.664. The average Bonchev–Trinajstić information content (AvgIpc) is 2.67. The van der Waals surface area contributed by atoms with Gasteiger partial charge < -0.3 is 5.32 Å². The number of nitrogens with one attached hydrogen (secondary N) is 1. The molecule has 14 heavy (non-hydrogen) atoms. The van der Waals surface area contributed by atoms with Crippen molar-refractivity contribution in [3.63, 3.8) is 0 Å². The summed E-state index contributed by atoms with van der Waals surface area (Å²) in [6.45, 7) is 2.32. The molecule has 2 aliphatic rings. The third-order valence-corrected chi connectivity index (χ3v) is 4.01. The van der Waals surface area contributed by atoms with Gasteiger partial charge in [0, 0.05) is 32.3 Å². The molecule has 1 spiro atoms. The third kappa shape index (κ3) is 1.05. The molecule has 0 amide bonds. The molecule has 1 aromatic rings. The molecule has 1 aliphatic carbocycles. The van der Waals surface area contributed by atoms with E-state index in [1.54, 1.807) is 0 Å². The lowest BCUT2D eigenvalue weighted by Crippen LogP contribution is -2.36. The van der Waals surface area contributed by atoms with Gasteiger partial charge in [0.05, 0.1) is 5.69 Å². The zero-order valence-corrected chi connectivity index (χ0v) is 8.66. The molecule has 2 heterocycles. The minimum absolute atomic E-state index is 0.564. The predicted octanol–water partition coefficient (Wildman–Crippen LogP) is 1.28. The van der Waals surface area contributed by atoms with Crippen LogP contribution in [0.15, 0.2) is 12.3 Å². The molecule has 1 saturated carbocycles. The van der Waals surface area contributed by atoms with Gasteiger partial charge in [-0.2, -0.15) is 5.10 Å². The van der Waals surface area contributed by atoms with Gasteiger partial charge in [0.25, 0.3) is 0 Å².